The molecule has 4 heterocycles. The van der Waals surface area contributed by atoms with E-state index in [0.717, 1.165) is 0 Å². The molecular weight excluding hydrogens is 394 g/mol. The Balaban J connectivity index is 1.71. The molecule has 0 radical (unpaired) electrons. The molecule has 29 heavy (non-hydrogen) atoms. The van der Waals surface area contributed by atoms with E-state index in [0.29, 0.717) is 22.3 Å². The number of nitrogens with zero attached hydrogens (tertiary/aromatic N) is 7. The lowest BCUT2D eigenvalue weighted by molar-refractivity contribution is 0.0719. The molecule has 1 aliphatic heterocycles. The summed E-state index contributed by atoms with van der Waals surface area (Å²) in [5, 5.41) is 14.4. The Bertz CT molecular complexity index is 1250. The maximum atomic E-state index is 12.1. The average Bonchev–Trinajstić information content (AvgIpc) is 3.31. The van der Waals surface area contributed by atoms with Crippen molar-refractivity contribution in [2.24, 2.45) is 0 Å². The maximum absolute atomic E-state index is 12.1. The van der Waals surface area contributed by atoms with E-state index in [9.17, 15) is 18.5 Å². The minimum atomic E-state index is -3.31. The Morgan fingerprint density at radius 3 is 2.76 bits per heavy atom. The molecule has 0 bridgehead atoms. The summed E-state index contributed by atoms with van der Waals surface area (Å²) in [6.45, 7) is 3.46. The van der Waals surface area contributed by atoms with Gasteiger partial charge in [-0.1, -0.05) is 0 Å². The molecular formula is C18H19N7O3S. The quantitative estimate of drug-likeness (QED) is 0.615. The molecule has 0 spiro atoms. The number of aromatic nitrogens is 5. The van der Waals surface area contributed by atoms with Crippen molar-refractivity contribution in [3.8, 4) is 17.3 Å². The molecule has 3 aromatic rings. The number of fused-ring (bicyclic) bond motifs is 1. The Hall–Kier alpha value is -3.10. The predicted octanol–water partition coefficient (Wildman–Crippen LogP) is 1.23. The van der Waals surface area contributed by atoms with Crippen LogP contribution >= 0.6 is 0 Å². The zero-order chi connectivity index (χ0) is 20.8. The van der Waals surface area contributed by atoms with Crippen molar-refractivity contribution in [3.63, 3.8) is 0 Å². The van der Waals surface area contributed by atoms with Crippen LogP contribution < -0.4 is 0 Å². The second kappa shape index (κ2) is 6.75. The molecule has 4 rings (SSSR count). The Morgan fingerprint density at radius 1 is 1.34 bits per heavy atom. The molecule has 0 atom stereocenters. The summed E-state index contributed by atoms with van der Waals surface area (Å²) in [7, 11) is -3.31. The fraction of sp³-hybridized carbons (Fsp3) is 0.389. The third-order valence-corrected chi connectivity index (χ3v) is 7.04. The zero-order valence-corrected chi connectivity index (χ0v) is 16.8. The second-order valence-corrected chi connectivity index (χ2v) is 9.32. The van der Waals surface area contributed by atoms with Gasteiger partial charge in [-0.3, -0.25) is 14.0 Å². The van der Waals surface area contributed by atoms with E-state index in [2.05, 4.69) is 21.1 Å². The van der Waals surface area contributed by atoms with Gasteiger partial charge in [0.05, 0.1) is 30.1 Å². The first kappa shape index (κ1) is 19.2. The highest BCUT2D eigenvalue weighted by atomic mass is 32.2. The third-order valence-electron chi connectivity index (χ3n) is 5.27. The first-order valence-electron chi connectivity index (χ1n) is 9.04. The summed E-state index contributed by atoms with van der Waals surface area (Å²) in [6.07, 6.45) is 6.57. The fourth-order valence-electron chi connectivity index (χ4n) is 3.61. The zero-order valence-electron chi connectivity index (χ0n) is 16.0. The molecule has 0 saturated carbocycles. The van der Waals surface area contributed by atoms with Crippen LogP contribution in [0.3, 0.4) is 0 Å². The highest BCUT2D eigenvalue weighted by Gasteiger charge is 2.49. The third kappa shape index (κ3) is 3.01. The molecule has 150 valence electrons. The summed E-state index contributed by atoms with van der Waals surface area (Å²) in [5.74, 6) is -0.133. The van der Waals surface area contributed by atoms with Crippen molar-refractivity contribution in [1.82, 2.24) is 28.6 Å². The summed E-state index contributed by atoms with van der Waals surface area (Å²) in [4.78, 5) is 20.3. The van der Waals surface area contributed by atoms with Crippen molar-refractivity contribution in [3.05, 3.63) is 31.0 Å². The number of hydrogen-bond acceptors (Lipinski definition) is 7. The molecule has 0 N–H and O–H groups in total. The average molecular weight is 413 g/mol. The Morgan fingerprint density at radius 2 is 2.10 bits per heavy atom. The lowest BCUT2D eigenvalue weighted by Gasteiger charge is -2.47. The van der Waals surface area contributed by atoms with Crippen molar-refractivity contribution in [2.75, 3.05) is 18.8 Å². The molecule has 0 aliphatic carbocycles. The number of nitriles is 1. The number of hydrogen-bond donors (Lipinski definition) is 0. The van der Waals surface area contributed by atoms with E-state index in [1.165, 1.54) is 22.1 Å². The largest absolute Gasteiger partial charge is 0.274 e. The van der Waals surface area contributed by atoms with Gasteiger partial charge in [-0.15, -0.1) is 0 Å². The maximum Gasteiger partial charge on any atom is 0.229 e. The van der Waals surface area contributed by atoms with E-state index >= 15 is 0 Å². The molecule has 1 fully saturated rings. The predicted molar refractivity (Wildman–Crippen MR) is 104 cm³/mol. The van der Waals surface area contributed by atoms with E-state index in [1.54, 1.807) is 36.3 Å². The van der Waals surface area contributed by atoms with Crippen LogP contribution in [0.5, 0.6) is 0 Å². The number of carbonyl (C=O) groups excluding carboxylic acids is 1. The normalized spacial score (nSPS) is 16.4. The van der Waals surface area contributed by atoms with Gasteiger partial charge in [-0.25, -0.2) is 18.4 Å². The van der Waals surface area contributed by atoms with E-state index in [-0.39, 0.29) is 31.2 Å². The molecule has 0 aromatic carbocycles. The lowest BCUT2D eigenvalue weighted by atomic mass is 9.89. The van der Waals surface area contributed by atoms with Gasteiger partial charge in [-0.2, -0.15) is 14.7 Å². The van der Waals surface area contributed by atoms with Crippen molar-refractivity contribution >= 4 is 27.0 Å². The highest BCUT2D eigenvalue weighted by molar-refractivity contribution is 7.89. The fourth-order valence-corrected chi connectivity index (χ4v) is 4.85. The molecule has 0 amide bonds. The summed E-state index contributed by atoms with van der Waals surface area (Å²) in [6, 6.07) is 3.92. The van der Waals surface area contributed by atoms with Gasteiger partial charge in [0.1, 0.15) is 11.9 Å². The smallest absolute Gasteiger partial charge is 0.229 e. The first-order chi connectivity index (χ1) is 13.8. The van der Waals surface area contributed by atoms with Gasteiger partial charge in [0, 0.05) is 43.4 Å². The van der Waals surface area contributed by atoms with Gasteiger partial charge < -0.3 is 0 Å². The molecule has 0 unspecified atom stereocenters. The van der Waals surface area contributed by atoms with Crippen molar-refractivity contribution in [1.29, 1.82) is 5.26 Å². The van der Waals surface area contributed by atoms with Crippen LogP contribution in [0.4, 0.5) is 0 Å². The molecule has 11 heteroatoms. The lowest BCUT2D eigenvalue weighted by Crippen LogP contribution is -2.64. The monoisotopic (exact) mass is 413 g/mol. The number of sulfonamides is 1. The van der Waals surface area contributed by atoms with Crippen LogP contribution in [-0.2, 0) is 15.6 Å². The minimum Gasteiger partial charge on any atom is -0.274 e. The summed E-state index contributed by atoms with van der Waals surface area (Å²) < 4.78 is 28.7. The van der Waals surface area contributed by atoms with Crippen LogP contribution in [0.2, 0.25) is 0 Å². The highest BCUT2D eigenvalue weighted by Crippen LogP contribution is 2.36. The van der Waals surface area contributed by atoms with E-state index in [1.807, 2.05) is 0 Å². The molecule has 1 saturated heterocycles. The van der Waals surface area contributed by atoms with Gasteiger partial charge in [0.25, 0.3) is 0 Å². The second-order valence-electron chi connectivity index (χ2n) is 7.07. The van der Waals surface area contributed by atoms with Crippen molar-refractivity contribution in [2.45, 2.75) is 25.8 Å². The minimum absolute atomic E-state index is 0.0199. The van der Waals surface area contributed by atoms with Crippen LogP contribution in [0.15, 0.2) is 31.0 Å². The van der Waals surface area contributed by atoms with Gasteiger partial charge in [0.15, 0.2) is 5.65 Å². The first-order valence-corrected chi connectivity index (χ1v) is 10.7. The molecule has 3 aromatic heterocycles. The van der Waals surface area contributed by atoms with Crippen molar-refractivity contribution < 1.29 is 13.2 Å². The van der Waals surface area contributed by atoms with Crippen LogP contribution in [0, 0.1) is 11.3 Å². The Labute approximate surface area is 167 Å². The van der Waals surface area contributed by atoms with Gasteiger partial charge >= 0.3 is 0 Å². The summed E-state index contributed by atoms with van der Waals surface area (Å²) >= 11 is 0. The molecule has 10 nitrogen and oxygen atoms in total. The van der Waals surface area contributed by atoms with Gasteiger partial charge in [-0.05, 0) is 13.0 Å². The van der Waals surface area contributed by atoms with Crippen LogP contribution in [0.25, 0.3) is 22.3 Å². The number of rotatable bonds is 5. The number of carbonyl (C=O) groups is 1. The molecule has 1 aliphatic rings. The van der Waals surface area contributed by atoms with Crippen LogP contribution in [0.1, 0.15) is 25.1 Å². The van der Waals surface area contributed by atoms with Crippen LogP contribution in [-0.4, -0.2) is 61.8 Å². The van der Waals surface area contributed by atoms with Gasteiger partial charge in [0.2, 0.25) is 15.9 Å². The van der Waals surface area contributed by atoms with E-state index in [4.69, 9.17) is 0 Å². The van der Waals surface area contributed by atoms with E-state index < -0.39 is 15.6 Å². The topological polar surface area (TPSA) is 127 Å². The standard InChI is InChI=1S/C18H19N7O3S/c1-3-29(27,28)23-10-18(11-23,5-6-19)25-9-14(8-22-25)16-15-4-7-24(13(2)26)17(15)21-12-20-16/h4,7-9,12H,3,5,10-11H2,1-2H3. The summed E-state index contributed by atoms with van der Waals surface area (Å²) in [5.41, 5.74) is 1.12. The Kier molecular flexibility index (Phi) is 4.48. The SMILES string of the molecule is CCS(=O)(=O)N1CC(CC#N)(n2cc(-c3ncnc4c3ccn4C(C)=O)cn2)C1.